The van der Waals surface area contributed by atoms with Gasteiger partial charge in [0.2, 0.25) is 0 Å². The second-order valence-electron chi connectivity index (χ2n) is 9.85. The van der Waals surface area contributed by atoms with Gasteiger partial charge < -0.3 is 20.5 Å². The van der Waals surface area contributed by atoms with Gasteiger partial charge in [0.15, 0.2) is 17.9 Å². The molecule has 0 saturated heterocycles. The van der Waals surface area contributed by atoms with Gasteiger partial charge in [-0.2, -0.15) is 0 Å². The second-order valence-corrected chi connectivity index (χ2v) is 10.2. The molecule has 3 aromatic carbocycles. The third-order valence-corrected chi connectivity index (χ3v) is 7.38. The average Bonchev–Trinajstić information content (AvgIpc) is 3.00. The number of carbonyl (C=O) groups excluding carboxylic acids is 1. The number of halogens is 3. The van der Waals surface area contributed by atoms with Crippen molar-refractivity contribution in [3.8, 4) is 28.4 Å². The normalized spacial score (nSPS) is 16.0. The van der Waals surface area contributed by atoms with Gasteiger partial charge in [-0.25, -0.2) is 8.78 Å². The predicted molar refractivity (Wildman–Crippen MR) is 164 cm³/mol. The lowest BCUT2D eigenvalue weighted by atomic mass is 9.87. The van der Waals surface area contributed by atoms with Crippen molar-refractivity contribution < 1.29 is 23.0 Å². The summed E-state index contributed by atoms with van der Waals surface area (Å²) in [6, 6.07) is 13.7. The summed E-state index contributed by atoms with van der Waals surface area (Å²) in [5.74, 6) is 0.125. The van der Waals surface area contributed by atoms with E-state index in [2.05, 4.69) is 25.0 Å². The van der Waals surface area contributed by atoms with Crippen LogP contribution in [-0.4, -0.2) is 33.0 Å². The number of benzene rings is 3. The minimum Gasteiger partial charge on any atom is -0.491 e. The largest absolute Gasteiger partial charge is 0.491 e. The van der Waals surface area contributed by atoms with E-state index in [4.69, 9.17) is 21.1 Å². The number of aldehydes is 1. The lowest BCUT2D eigenvalue weighted by Crippen LogP contribution is -2.29. The lowest BCUT2D eigenvalue weighted by molar-refractivity contribution is 0.112. The Labute approximate surface area is 248 Å². The Kier molecular flexibility index (Phi) is 14.8. The van der Waals surface area contributed by atoms with Gasteiger partial charge in [0, 0.05) is 34.4 Å². The van der Waals surface area contributed by atoms with Crippen LogP contribution in [0.3, 0.4) is 0 Å². The number of carbonyl (C=O) groups is 1. The molecule has 3 aromatic rings. The van der Waals surface area contributed by atoms with Crippen LogP contribution in [0, 0.1) is 17.6 Å². The second kappa shape index (κ2) is 17.7. The van der Waals surface area contributed by atoms with Crippen LogP contribution in [-0.2, 0) is 6.42 Å². The number of ether oxygens (including phenoxy) is 2. The minimum atomic E-state index is -0.772. The summed E-state index contributed by atoms with van der Waals surface area (Å²) in [5, 5.41) is 3.05. The van der Waals surface area contributed by atoms with E-state index in [1.54, 1.807) is 24.3 Å². The highest BCUT2D eigenvalue weighted by atomic mass is 35.5. The van der Waals surface area contributed by atoms with Crippen LogP contribution >= 0.6 is 11.6 Å². The summed E-state index contributed by atoms with van der Waals surface area (Å²) in [6.45, 7) is 6.37. The van der Waals surface area contributed by atoms with Crippen LogP contribution in [0.4, 0.5) is 8.78 Å². The molecule has 5 nitrogen and oxygen atoms in total. The summed E-state index contributed by atoms with van der Waals surface area (Å²) in [7, 11) is 3.57. The Bertz CT molecular complexity index is 1230. The van der Waals surface area contributed by atoms with Gasteiger partial charge in [-0.3, -0.25) is 4.79 Å². The van der Waals surface area contributed by atoms with Crippen LogP contribution in [0.1, 0.15) is 68.8 Å². The summed E-state index contributed by atoms with van der Waals surface area (Å²) >= 11 is 6.29. The number of hydrogen-bond acceptors (Lipinski definition) is 5. The Morgan fingerprint density at radius 2 is 1.66 bits per heavy atom. The van der Waals surface area contributed by atoms with Crippen molar-refractivity contribution in [2.45, 2.75) is 65.3 Å². The third kappa shape index (κ3) is 9.25. The molecular weight excluding hydrogens is 546 g/mol. The number of para-hydroxylation sites is 1. The van der Waals surface area contributed by atoms with Crippen LogP contribution < -0.4 is 20.5 Å². The van der Waals surface area contributed by atoms with Crippen LogP contribution in [0.15, 0.2) is 48.5 Å². The van der Waals surface area contributed by atoms with Crippen molar-refractivity contribution in [1.29, 1.82) is 0 Å². The highest BCUT2D eigenvalue weighted by molar-refractivity contribution is 6.34. The van der Waals surface area contributed by atoms with Crippen LogP contribution in [0.25, 0.3) is 11.1 Å². The molecule has 41 heavy (non-hydrogen) atoms. The molecule has 0 amide bonds. The number of rotatable bonds is 9. The average molecular weight is 589 g/mol. The first kappa shape index (κ1) is 34.2. The molecule has 1 fully saturated rings. The molecule has 0 unspecified atom stereocenters. The monoisotopic (exact) mass is 588 g/mol. The van der Waals surface area contributed by atoms with Gasteiger partial charge in [-0.15, -0.1) is 0 Å². The molecule has 1 aliphatic rings. The van der Waals surface area contributed by atoms with E-state index in [-0.39, 0.29) is 33.2 Å². The van der Waals surface area contributed by atoms with Gasteiger partial charge in [0.05, 0.1) is 11.6 Å². The standard InChI is InChI=1S/C24H21ClF2O3.C8H17N.CH5N/c1-3-12-29-19-11-10-15(14-28)21(24(19)27)22-17(4-2)20(13-18(26)23(22)25)30-16-8-6-5-7-9-16;1-7-3-5-8(9-2)6-4-7;1-2/h5-11,13-14H,3-4,12H2,1-2H3;7-9H,3-6H2,1-2H3;2H2,1H3. The maximum atomic E-state index is 15.4. The first-order chi connectivity index (χ1) is 19.8. The SMILES string of the molecule is CCCOc1ccc(C=O)c(-c2c(Cl)c(F)cc(Oc3ccccc3)c2CC)c1F.CN.CNC1CCC(C)CC1. The maximum Gasteiger partial charge on any atom is 0.173 e. The molecule has 0 aromatic heterocycles. The van der Waals surface area contributed by atoms with E-state index < -0.39 is 11.6 Å². The van der Waals surface area contributed by atoms with Crippen molar-refractivity contribution in [3.63, 3.8) is 0 Å². The maximum absolute atomic E-state index is 15.4. The van der Waals surface area contributed by atoms with E-state index in [0.717, 1.165) is 12.0 Å². The van der Waals surface area contributed by atoms with Gasteiger partial charge in [0.25, 0.3) is 0 Å². The molecule has 224 valence electrons. The first-order valence-electron chi connectivity index (χ1n) is 14.2. The highest BCUT2D eigenvalue weighted by Crippen LogP contribution is 2.44. The van der Waals surface area contributed by atoms with Crippen molar-refractivity contribution >= 4 is 17.9 Å². The fraction of sp³-hybridized carbons (Fsp3) is 0.424. The summed E-state index contributed by atoms with van der Waals surface area (Å²) in [6.07, 6.45) is 7.18. The fourth-order valence-corrected chi connectivity index (χ4v) is 5.02. The fourth-order valence-electron chi connectivity index (χ4n) is 4.76. The number of nitrogens with two attached hydrogens (primary N) is 1. The van der Waals surface area contributed by atoms with E-state index in [1.165, 1.54) is 50.9 Å². The zero-order chi connectivity index (χ0) is 30.4. The molecule has 0 heterocycles. The quantitative estimate of drug-likeness (QED) is 0.245. The molecule has 0 radical (unpaired) electrons. The van der Waals surface area contributed by atoms with E-state index >= 15 is 4.39 Å². The van der Waals surface area contributed by atoms with Gasteiger partial charge in [-0.1, -0.05) is 50.6 Å². The Hall–Kier alpha value is -3.00. The topological polar surface area (TPSA) is 73.6 Å². The molecular formula is C33H43ClF2N2O3. The Morgan fingerprint density at radius 3 is 2.22 bits per heavy atom. The van der Waals surface area contributed by atoms with Crippen molar-refractivity contribution in [2.24, 2.45) is 11.7 Å². The molecule has 4 rings (SSSR count). The van der Waals surface area contributed by atoms with E-state index in [9.17, 15) is 9.18 Å². The summed E-state index contributed by atoms with van der Waals surface area (Å²) in [5.41, 5.74) is 5.02. The predicted octanol–water partition coefficient (Wildman–Crippen LogP) is 8.60. The summed E-state index contributed by atoms with van der Waals surface area (Å²) in [4.78, 5) is 11.7. The van der Waals surface area contributed by atoms with Gasteiger partial charge >= 0.3 is 0 Å². The first-order valence-corrected chi connectivity index (χ1v) is 14.6. The van der Waals surface area contributed by atoms with Crippen molar-refractivity contribution in [3.05, 3.63) is 76.3 Å². The smallest absolute Gasteiger partial charge is 0.173 e. The molecule has 1 aliphatic carbocycles. The van der Waals surface area contributed by atoms with Crippen molar-refractivity contribution in [2.75, 3.05) is 20.7 Å². The Balaban J connectivity index is 0.000000450. The molecule has 8 heteroatoms. The molecule has 0 atom stereocenters. The molecule has 0 spiro atoms. The highest BCUT2D eigenvalue weighted by Gasteiger charge is 2.25. The van der Waals surface area contributed by atoms with E-state index in [1.807, 2.05) is 19.9 Å². The third-order valence-electron chi connectivity index (χ3n) is 7.01. The summed E-state index contributed by atoms with van der Waals surface area (Å²) < 4.78 is 41.5. The van der Waals surface area contributed by atoms with Gasteiger partial charge in [-0.05, 0) is 82.8 Å². The van der Waals surface area contributed by atoms with E-state index in [0.29, 0.717) is 37.0 Å². The van der Waals surface area contributed by atoms with Crippen LogP contribution in [0.2, 0.25) is 5.02 Å². The zero-order valence-electron chi connectivity index (χ0n) is 24.7. The molecule has 1 saturated carbocycles. The molecule has 0 aliphatic heterocycles. The van der Waals surface area contributed by atoms with Crippen LogP contribution in [0.5, 0.6) is 17.2 Å². The lowest BCUT2D eigenvalue weighted by Gasteiger charge is -2.25. The number of nitrogens with one attached hydrogen (secondary N) is 1. The zero-order valence-corrected chi connectivity index (χ0v) is 25.5. The Morgan fingerprint density at radius 1 is 1.00 bits per heavy atom. The molecule has 3 N–H and O–H groups in total. The van der Waals surface area contributed by atoms with Gasteiger partial charge in [0.1, 0.15) is 17.3 Å². The molecule has 0 bridgehead atoms. The number of hydrogen-bond donors (Lipinski definition) is 2. The van der Waals surface area contributed by atoms with Crippen molar-refractivity contribution in [1.82, 2.24) is 5.32 Å². The minimum absolute atomic E-state index is 0.0228.